The van der Waals surface area contributed by atoms with Gasteiger partial charge in [0.25, 0.3) is 0 Å². The normalized spacial score (nSPS) is 27.0. The van der Waals surface area contributed by atoms with Gasteiger partial charge in [-0.1, -0.05) is 6.92 Å². The molecular weight excluding hydrogens is 219 g/mol. The largest absolute Gasteiger partial charge is 0.433 e. The fourth-order valence-corrected chi connectivity index (χ4v) is 2.28. The molecule has 0 amide bonds. The SMILES string of the molecule is CC1CNCCC1c1cn[nH]c1C(F)(F)F. The Hall–Kier alpha value is -1.04. The molecule has 2 atom stereocenters. The first-order valence-electron chi connectivity index (χ1n) is 5.31. The minimum Gasteiger partial charge on any atom is -0.316 e. The molecule has 1 saturated heterocycles. The van der Waals surface area contributed by atoms with E-state index in [4.69, 9.17) is 0 Å². The van der Waals surface area contributed by atoms with Crippen molar-refractivity contribution in [1.82, 2.24) is 15.5 Å². The van der Waals surface area contributed by atoms with Crippen LogP contribution in [0.15, 0.2) is 6.20 Å². The van der Waals surface area contributed by atoms with Crippen molar-refractivity contribution in [3.05, 3.63) is 17.5 Å². The number of aromatic amines is 1. The van der Waals surface area contributed by atoms with Gasteiger partial charge in [0, 0.05) is 5.56 Å². The van der Waals surface area contributed by atoms with Crippen LogP contribution < -0.4 is 5.32 Å². The molecule has 1 aliphatic rings. The third kappa shape index (κ3) is 2.07. The molecule has 2 heterocycles. The van der Waals surface area contributed by atoms with Gasteiger partial charge in [-0.2, -0.15) is 18.3 Å². The Morgan fingerprint density at radius 1 is 1.44 bits per heavy atom. The van der Waals surface area contributed by atoms with E-state index in [9.17, 15) is 13.2 Å². The van der Waals surface area contributed by atoms with Crippen LogP contribution in [0.2, 0.25) is 0 Å². The lowest BCUT2D eigenvalue weighted by Crippen LogP contribution is -2.34. The Balaban J connectivity index is 2.29. The molecule has 0 aliphatic carbocycles. The molecule has 90 valence electrons. The molecule has 3 nitrogen and oxygen atoms in total. The fraction of sp³-hybridized carbons (Fsp3) is 0.700. The number of aromatic nitrogens is 2. The van der Waals surface area contributed by atoms with Crippen molar-refractivity contribution in [3.8, 4) is 0 Å². The van der Waals surface area contributed by atoms with Crippen molar-refractivity contribution in [2.24, 2.45) is 5.92 Å². The molecule has 2 N–H and O–H groups in total. The first-order chi connectivity index (χ1) is 7.50. The molecule has 2 rings (SSSR count). The van der Waals surface area contributed by atoms with E-state index in [1.807, 2.05) is 6.92 Å². The summed E-state index contributed by atoms with van der Waals surface area (Å²) in [5.41, 5.74) is -0.382. The summed E-state index contributed by atoms with van der Waals surface area (Å²) in [6.07, 6.45) is -2.30. The van der Waals surface area contributed by atoms with Crippen molar-refractivity contribution in [2.75, 3.05) is 13.1 Å². The van der Waals surface area contributed by atoms with E-state index in [-0.39, 0.29) is 11.8 Å². The first-order valence-corrected chi connectivity index (χ1v) is 5.31. The number of H-pyrrole nitrogens is 1. The van der Waals surface area contributed by atoms with Crippen LogP contribution in [0.5, 0.6) is 0 Å². The number of halogens is 3. The molecule has 0 radical (unpaired) electrons. The maximum absolute atomic E-state index is 12.7. The summed E-state index contributed by atoms with van der Waals surface area (Å²) >= 11 is 0. The van der Waals surface area contributed by atoms with Crippen molar-refractivity contribution in [2.45, 2.75) is 25.4 Å². The van der Waals surface area contributed by atoms with E-state index in [0.29, 0.717) is 5.56 Å². The monoisotopic (exact) mass is 233 g/mol. The van der Waals surface area contributed by atoms with Crippen LogP contribution in [0.4, 0.5) is 13.2 Å². The molecule has 0 spiro atoms. The summed E-state index contributed by atoms with van der Waals surface area (Å²) in [4.78, 5) is 0. The van der Waals surface area contributed by atoms with E-state index in [1.165, 1.54) is 6.20 Å². The number of hydrogen-bond acceptors (Lipinski definition) is 2. The Labute approximate surface area is 91.4 Å². The maximum atomic E-state index is 12.7. The summed E-state index contributed by atoms with van der Waals surface area (Å²) in [5.74, 6) is 0.143. The van der Waals surface area contributed by atoms with Gasteiger partial charge in [-0.25, -0.2) is 0 Å². The van der Waals surface area contributed by atoms with Crippen LogP contribution in [0.25, 0.3) is 0 Å². The minimum absolute atomic E-state index is 0.0587. The molecule has 1 fully saturated rings. The number of hydrogen-bond donors (Lipinski definition) is 2. The van der Waals surface area contributed by atoms with Crippen LogP contribution in [0.1, 0.15) is 30.5 Å². The zero-order valence-corrected chi connectivity index (χ0v) is 8.93. The predicted octanol–water partition coefficient (Wildman–Crippen LogP) is 2.14. The zero-order chi connectivity index (χ0) is 11.8. The minimum atomic E-state index is -4.34. The Kier molecular flexibility index (Phi) is 2.92. The second-order valence-electron chi connectivity index (χ2n) is 4.27. The Morgan fingerprint density at radius 2 is 2.19 bits per heavy atom. The van der Waals surface area contributed by atoms with Gasteiger partial charge in [0.1, 0.15) is 5.69 Å². The highest BCUT2D eigenvalue weighted by molar-refractivity contribution is 5.25. The van der Waals surface area contributed by atoms with Crippen molar-refractivity contribution in [3.63, 3.8) is 0 Å². The molecule has 1 aromatic rings. The molecule has 0 saturated carbocycles. The summed E-state index contributed by atoms with van der Waals surface area (Å²) in [6, 6.07) is 0. The van der Waals surface area contributed by atoms with E-state index in [2.05, 4.69) is 15.5 Å². The molecule has 1 aliphatic heterocycles. The molecule has 0 aromatic carbocycles. The van der Waals surface area contributed by atoms with Gasteiger partial charge in [0.2, 0.25) is 0 Å². The zero-order valence-electron chi connectivity index (χ0n) is 8.93. The first kappa shape index (κ1) is 11.4. The van der Waals surface area contributed by atoms with E-state index < -0.39 is 11.9 Å². The highest BCUT2D eigenvalue weighted by atomic mass is 19.4. The van der Waals surface area contributed by atoms with Gasteiger partial charge < -0.3 is 5.32 Å². The van der Waals surface area contributed by atoms with Gasteiger partial charge in [-0.15, -0.1) is 0 Å². The fourth-order valence-electron chi connectivity index (χ4n) is 2.28. The molecular formula is C10H14F3N3. The number of rotatable bonds is 1. The lowest BCUT2D eigenvalue weighted by atomic mass is 9.82. The van der Waals surface area contributed by atoms with Crippen LogP contribution >= 0.6 is 0 Å². The molecule has 1 aromatic heterocycles. The summed E-state index contributed by atoms with van der Waals surface area (Å²) in [7, 11) is 0. The van der Waals surface area contributed by atoms with Crippen LogP contribution in [0, 0.1) is 5.92 Å². The van der Waals surface area contributed by atoms with Gasteiger partial charge in [0.15, 0.2) is 0 Å². The Bertz CT molecular complexity index is 358. The van der Waals surface area contributed by atoms with Crippen molar-refractivity contribution >= 4 is 0 Å². The lowest BCUT2D eigenvalue weighted by molar-refractivity contribution is -0.142. The average molecular weight is 233 g/mol. The van der Waals surface area contributed by atoms with Crippen LogP contribution in [0.3, 0.4) is 0 Å². The molecule has 6 heteroatoms. The summed E-state index contributed by atoms with van der Waals surface area (Å²) < 4.78 is 38.0. The summed E-state index contributed by atoms with van der Waals surface area (Å²) in [5, 5.41) is 8.77. The standard InChI is InChI=1S/C10H14F3N3/c1-6-4-14-3-2-7(6)8-5-15-16-9(8)10(11,12)13/h5-7,14H,2-4H2,1H3,(H,15,16). The van der Waals surface area contributed by atoms with Crippen LogP contribution in [-0.2, 0) is 6.18 Å². The average Bonchev–Trinajstić information content (AvgIpc) is 2.66. The summed E-state index contributed by atoms with van der Waals surface area (Å²) in [6.45, 7) is 3.48. The molecule has 16 heavy (non-hydrogen) atoms. The van der Waals surface area contributed by atoms with Crippen LogP contribution in [-0.4, -0.2) is 23.3 Å². The van der Waals surface area contributed by atoms with Gasteiger partial charge >= 0.3 is 6.18 Å². The number of nitrogens with one attached hydrogen (secondary N) is 2. The maximum Gasteiger partial charge on any atom is 0.433 e. The quantitative estimate of drug-likeness (QED) is 0.780. The highest BCUT2D eigenvalue weighted by Crippen LogP contribution is 2.38. The Morgan fingerprint density at radius 3 is 2.81 bits per heavy atom. The van der Waals surface area contributed by atoms with E-state index >= 15 is 0 Å². The number of alkyl halides is 3. The second kappa shape index (κ2) is 4.08. The molecule has 0 bridgehead atoms. The smallest absolute Gasteiger partial charge is 0.316 e. The second-order valence-corrected chi connectivity index (χ2v) is 4.27. The predicted molar refractivity (Wildman–Crippen MR) is 53.0 cm³/mol. The van der Waals surface area contributed by atoms with Gasteiger partial charge in [-0.05, 0) is 31.3 Å². The van der Waals surface area contributed by atoms with Crippen molar-refractivity contribution < 1.29 is 13.2 Å². The van der Waals surface area contributed by atoms with Gasteiger partial charge in [-0.3, -0.25) is 5.10 Å². The third-order valence-corrected chi connectivity index (χ3v) is 3.14. The van der Waals surface area contributed by atoms with E-state index in [1.54, 1.807) is 0 Å². The molecule has 2 unspecified atom stereocenters. The number of piperidine rings is 1. The lowest BCUT2D eigenvalue weighted by Gasteiger charge is -2.29. The topological polar surface area (TPSA) is 40.7 Å². The number of nitrogens with zero attached hydrogens (tertiary/aromatic N) is 1. The third-order valence-electron chi connectivity index (χ3n) is 3.14. The van der Waals surface area contributed by atoms with Crippen molar-refractivity contribution in [1.29, 1.82) is 0 Å². The van der Waals surface area contributed by atoms with E-state index in [0.717, 1.165) is 19.5 Å². The highest BCUT2D eigenvalue weighted by Gasteiger charge is 2.38. The van der Waals surface area contributed by atoms with Gasteiger partial charge in [0.05, 0.1) is 6.20 Å².